The third-order valence-corrected chi connectivity index (χ3v) is 3.29. The number of hydrogen-bond acceptors (Lipinski definition) is 1. The van der Waals surface area contributed by atoms with Crippen LogP contribution in [0.3, 0.4) is 0 Å². The number of halogens is 2. The van der Waals surface area contributed by atoms with Crippen LogP contribution in [0.4, 0.5) is 0 Å². The molecule has 1 aromatic heterocycles. The van der Waals surface area contributed by atoms with E-state index in [4.69, 9.17) is 23.2 Å². The Balaban J connectivity index is 2.55. The number of pyridine rings is 1. The van der Waals surface area contributed by atoms with E-state index in [1.54, 1.807) is 0 Å². The van der Waals surface area contributed by atoms with Crippen LogP contribution in [0.2, 0.25) is 10.2 Å². The Hall–Kier alpha value is -1.31. The molecule has 0 aliphatic heterocycles. The Morgan fingerprint density at radius 1 is 0.875 bits per heavy atom. The number of fused-ring (bicyclic) bond motifs is 3. The van der Waals surface area contributed by atoms with Gasteiger partial charge in [0.15, 0.2) is 0 Å². The van der Waals surface area contributed by atoms with Crippen molar-refractivity contribution in [2.45, 2.75) is 0 Å². The molecule has 3 rings (SSSR count). The molecule has 2 aromatic carbocycles. The van der Waals surface area contributed by atoms with Crippen molar-refractivity contribution in [2.24, 2.45) is 0 Å². The summed E-state index contributed by atoms with van der Waals surface area (Å²) in [6, 6.07) is 14.0. The van der Waals surface area contributed by atoms with Crippen LogP contribution in [0.25, 0.3) is 21.7 Å². The molecule has 0 aliphatic carbocycles. The number of hydrogen-bond donors (Lipinski definition) is 0. The van der Waals surface area contributed by atoms with E-state index in [1.807, 2.05) is 30.3 Å². The Kier molecular flexibility index (Phi) is 2.23. The molecule has 0 bridgehead atoms. The molecular formula is C13H7Cl2N. The first-order valence-electron chi connectivity index (χ1n) is 4.89. The summed E-state index contributed by atoms with van der Waals surface area (Å²) in [7, 11) is 0. The number of benzene rings is 2. The summed E-state index contributed by atoms with van der Waals surface area (Å²) in [6.07, 6.45) is 0. The first-order valence-corrected chi connectivity index (χ1v) is 5.65. The third kappa shape index (κ3) is 1.44. The van der Waals surface area contributed by atoms with Gasteiger partial charge in [0.1, 0.15) is 5.15 Å². The van der Waals surface area contributed by atoms with E-state index in [1.165, 1.54) is 0 Å². The average molecular weight is 248 g/mol. The Bertz CT molecular complexity index is 692. The summed E-state index contributed by atoms with van der Waals surface area (Å²) in [5.41, 5.74) is 0.896. The number of aromatic nitrogens is 1. The molecule has 0 amide bonds. The SMILES string of the molecule is Clc1cc2ccc3ccccc3c2nc1Cl. The fourth-order valence-corrected chi connectivity index (χ4v) is 2.16. The molecule has 0 radical (unpaired) electrons. The topological polar surface area (TPSA) is 12.9 Å². The molecule has 0 atom stereocenters. The molecule has 0 saturated carbocycles. The second-order valence-corrected chi connectivity index (χ2v) is 4.38. The van der Waals surface area contributed by atoms with Gasteiger partial charge in [-0.05, 0) is 11.5 Å². The van der Waals surface area contributed by atoms with Gasteiger partial charge in [0.25, 0.3) is 0 Å². The van der Waals surface area contributed by atoms with Crippen molar-refractivity contribution < 1.29 is 0 Å². The summed E-state index contributed by atoms with van der Waals surface area (Å²) in [4.78, 5) is 4.34. The molecule has 0 unspecified atom stereocenters. The first-order chi connectivity index (χ1) is 7.75. The zero-order valence-electron chi connectivity index (χ0n) is 8.24. The van der Waals surface area contributed by atoms with Gasteiger partial charge in [0.05, 0.1) is 10.5 Å². The van der Waals surface area contributed by atoms with Gasteiger partial charge < -0.3 is 0 Å². The lowest BCUT2D eigenvalue weighted by molar-refractivity contribution is 1.42. The molecule has 78 valence electrons. The molecule has 0 N–H and O–H groups in total. The minimum absolute atomic E-state index is 0.352. The second kappa shape index (κ2) is 3.62. The zero-order chi connectivity index (χ0) is 11.1. The van der Waals surface area contributed by atoms with E-state index in [-0.39, 0.29) is 0 Å². The van der Waals surface area contributed by atoms with E-state index in [9.17, 15) is 0 Å². The monoisotopic (exact) mass is 247 g/mol. The lowest BCUT2D eigenvalue weighted by Gasteiger charge is -2.04. The fraction of sp³-hybridized carbons (Fsp3) is 0. The molecule has 16 heavy (non-hydrogen) atoms. The number of nitrogens with zero attached hydrogens (tertiary/aromatic N) is 1. The normalized spacial score (nSPS) is 11.1. The van der Waals surface area contributed by atoms with Crippen molar-refractivity contribution in [1.29, 1.82) is 0 Å². The summed E-state index contributed by atoms with van der Waals surface area (Å²) in [6.45, 7) is 0. The largest absolute Gasteiger partial charge is 0.234 e. The quantitative estimate of drug-likeness (QED) is 0.415. The van der Waals surface area contributed by atoms with Gasteiger partial charge in [-0.3, -0.25) is 0 Å². The van der Waals surface area contributed by atoms with Gasteiger partial charge in [0, 0.05) is 10.8 Å². The summed E-state index contributed by atoms with van der Waals surface area (Å²) < 4.78 is 0. The Morgan fingerprint density at radius 3 is 2.50 bits per heavy atom. The third-order valence-electron chi connectivity index (χ3n) is 2.62. The van der Waals surface area contributed by atoms with Crippen molar-refractivity contribution in [3.63, 3.8) is 0 Å². The van der Waals surface area contributed by atoms with Crippen molar-refractivity contribution in [3.8, 4) is 0 Å². The highest BCUT2D eigenvalue weighted by atomic mass is 35.5. The predicted octanol–water partition coefficient (Wildman–Crippen LogP) is 4.69. The first kappa shape index (κ1) is 9.88. The van der Waals surface area contributed by atoms with Crippen LogP contribution in [-0.2, 0) is 0 Å². The van der Waals surface area contributed by atoms with Crippen molar-refractivity contribution in [3.05, 3.63) is 52.6 Å². The lowest BCUT2D eigenvalue weighted by atomic mass is 10.1. The highest BCUT2D eigenvalue weighted by molar-refractivity contribution is 6.42. The maximum absolute atomic E-state index is 5.94. The van der Waals surface area contributed by atoms with Gasteiger partial charge in [-0.2, -0.15) is 0 Å². The summed E-state index contributed by atoms with van der Waals surface area (Å²) in [5, 5.41) is 4.10. The fourth-order valence-electron chi connectivity index (χ4n) is 1.86. The van der Waals surface area contributed by atoms with Gasteiger partial charge in [-0.15, -0.1) is 0 Å². The summed E-state index contributed by atoms with van der Waals surface area (Å²) >= 11 is 11.9. The summed E-state index contributed by atoms with van der Waals surface area (Å²) in [5.74, 6) is 0. The Morgan fingerprint density at radius 2 is 1.62 bits per heavy atom. The molecule has 0 saturated heterocycles. The van der Waals surface area contributed by atoms with Crippen LogP contribution in [0.1, 0.15) is 0 Å². The molecule has 0 aliphatic rings. The van der Waals surface area contributed by atoms with Crippen LogP contribution in [-0.4, -0.2) is 4.98 Å². The van der Waals surface area contributed by atoms with E-state index < -0.39 is 0 Å². The van der Waals surface area contributed by atoms with E-state index >= 15 is 0 Å². The molecular weight excluding hydrogens is 241 g/mol. The minimum Gasteiger partial charge on any atom is -0.234 e. The van der Waals surface area contributed by atoms with E-state index in [2.05, 4.69) is 17.1 Å². The van der Waals surface area contributed by atoms with Crippen molar-refractivity contribution in [2.75, 3.05) is 0 Å². The van der Waals surface area contributed by atoms with Crippen LogP contribution in [0.5, 0.6) is 0 Å². The van der Waals surface area contributed by atoms with E-state index in [0.717, 1.165) is 21.7 Å². The molecule has 3 aromatic rings. The lowest BCUT2D eigenvalue weighted by Crippen LogP contribution is -1.83. The van der Waals surface area contributed by atoms with Gasteiger partial charge in [0.2, 0.25) is 0 Å². The van der Waals surface area contributed by atoms with Crippen molar-refractivity contribution in [1.82, 2.24) is 4.98 Å². The highest BCUT2D eigenvalue weighted by Gasteiger charge is 2.05. The van der Waals surface area contributed by atoms with E-state index in [0.29, 0.717) is 10.2 Å². The standard InChI is InChI=1S/C13H7Cl2N/c14-11-7-9-6-5-8-3-1-2-4-10(8)12(9)16-13(11)15/h1-7H. The van der Waals surface area contributed by atoms with Crippen LogP contribution < -0.4 is 0 Å². The van der Waals surface area contributed by atoms with Crippen LogP contribution >= 0.6 is 23.2 Å². The van der Waals surface area contributed by atoms with Crippen LogP contribution in [0.15, 0.2) is 42.5 Å². The Labute approximate surface area is 103 Å². The maximum atomic E-state index is 5.94. The minimum atomic E-state index is 0.352. The number of rotatable bonds is 0. The van der Waals surface area contributed by atoms with Gasteiger partial charge in [-0.25, -0.2) is 4.98 Å². The second-order valence-electron chi connectivity index (χ2n) is 3.62. The van der Waals surface area contributed by atoms with Crippen LogP contribution in [0, 0.1) is 0 Å². The molecule has 1 nitrogen and oxygen atoms in total. The predicted molar refractivity (Wildman–Crippen MR) is 69.3 cm³/mol. The highest BCUT2D eigenvalue weighted by Crippen LogP contribution is 2.29. The molecule has 0 spiro atoms. The van der Waals surface area contributed by atoms with Gasteiger partial charge in [-0.1, -0.05) is 59.6 Å². The molecule has 1 heterocycles. The maximum Gasteiger partial charge on any atom is 0.148 e. The van der Waals surface area contributed by atoms with Crippen molar-refractivity contribution >= 4 is 44.9 Å². The smallest absolute Gasteiger partial charge is 0.148 e. The molecule has 3 heteroatoms. The zero-order valence-corrected chi connectivity index (χ0v) is 9.76. The molecule has 0 fully saturated rings. The van der Waals surface area contributed by atoms with Gasteiger partial charge >= 0.3 is 0 Å². The average Bonchev–Trinajstić information content (AvgIpc) is 2.31.